The number of likely N-dealkylation sites (tertiary alicyclic amines) is 1. The number of benzene rings is 2. The Balaban J connectivity index is 1.25. The van der Waals surface area contributed by atoms with Crippen LogP contribution >= 0.6 is 23.5 Å². The molecule has 3 N–H and O–H groups in total. The first-order chi connectivity index (χ1) is 18.5. The highest BCUT2D eigenvalue weighted by Gasteiger charge is 2.44. The van der Waals surface area contributed by atoms with Gasteiger partial charge in [0.1, 0.15) is 5.37 Å². The summed E-state index contributed by atoms with van der Waals surface area (Å²) in [5, 5.41) is 18.0. The number of hydrogen-bond donors (Lipinski definition) is 3. The standard InChI is InChI=1S/C31H43N3O2S2/c1-2-23-12-13-28-25(18-23)26(19-31(38-28)14-9-15-31)32-20-27(35)30(37-22-24-10-5-3-6-11-24)33-29(36)21-34-16-7-4-8-17-34/h3,5-6,10-13,18,26-27,30,32,35H,2,4,7-9,14-17,19-22H2,1H3,(H,33,36)/t26-,27-,30+/m1/s1. The Morgan fingerprint density at radius 1 is 1.11 bits per heavy atom. The number of nitrogens with zero attached hydrogens (tertiary/aromatic N) is 1. The number of amides is 1. The number of aliphatic hydroxyl groups excluding tert-OH is 1. The van der Waals surface area contributed by atoms with Crippen LogP contribution in [-0.2, 0) is 17.0 Å². The molecule has 38 heavy (non-hydrogen) atoms. The first-order valence-corrected chi connectivity index (χ1v) is 16.3. The molecule has 1 saturated heterocycles. The van der Waals surface area contributed by atoms with Gasteiger partial charge in [0.05, 0.1) is 12.6 Å². The molecule has 2 aromatic rings. The van der Waals surface area contributed by atoms with Gasteiger partial charge in [0, 0.05) is 28.0 Å². The van der Waals surface area contributed by atoms with Crippen LogP contribution in [0.4, 0.5) is 0 Å². The summed E-state index contributed by atoms with van der Waals surface area (Å²) in [6.07, 6.45) is 8.88. The molecule has 0 bridgehead atoms. The van der Waals surface area contributed by atoms with Gasteiger partial charge >= 0.3 is 0 Å². The second-order valence-electron chi connectivity index (χ2n) is 11.2. The summed E-state index contributed by atoms with van der Waals surface area (Å²) in [7, 11) is 0. The van der Waals surface area contributed by atoms with Crippen molar-refractivity contribution < 1.29 is 9.90 Å². The Hall–Kier alpha value is -1.51. The van der Waals surface area contributed by atoms with Gasteiger partial charge in [-0.25, -0.2) is 0 Å². The van der Waals surface area contributed by atoms with Gasteiger partial charge in [-0.3, -0.25) is 9.69 Å². The quantitative estimate of drug-likeness (QED) is 0.319. The predicted molar refractivity (Wildman–Crippen MR) is 160 cm³/mol. The summed E-state index contributed by atoms with van der Waals surface area (Å²) >= 11 is 3.69. The number of fused-ring (bicyclic) bond motifs is 1. The molecule has 0 radical (unpaired) electrons. The largest absolute Gasteiger partial charge is 0.389 e. The molecular formula is C31H43N3O2S2. The van der Waals surface area contributed by atoms with E-state index < -0.39 is 6.10 Å². The van der Waals surface area contributed by atoms with E-state index in [2.05, 4.69) is 64.6 Å². The molecule has 7 heteroatoms. The van der Waals surface area contributed by atoms with E-state index in [0.29, 0.717) is 17.8 Å². The Bertz CT molecular complexity index is 1060. The summed E-state index contributed by atoms with van der Waals surface area (Å²) in [6.45, 7) is 5.05. The van der Waals surface area contributed by atoms with E-state index in [1.165, 1.54) is 47.3 Å². The summed E-state index contributed by atoms with van der Waals surface area (Å²) in [6, 6.07) is 17.5. The minimum atomic E-state index is -0.682. The third-order valence-electron chi connectivity index (χ3n) is 8.34. The van der Waals surface area contributed by atoms with Crippen molar-refractivity contribution in [3.8, 4) is 0 Å². The fraction of sp³-hybridized carbons (Fsp3) is 0.581. The number of aryl methyl sites for hydroxylation is 1. The molecule has 0 aromatic heterocycles. The van der Waals surface area contributed by atoms with Crippen LogP contribution in [0.2, 0.25) is 0 Å². The lowest BCUT2D eigenvalue weighted by molar-refractivity contribution is -0.123. The average Bonchev–Trinajstić information content (AvgIpc) is 2.93. The molecule has 0 unspecified atom stereocenters. The maximum atomic E-state index is 13.0. The number of aliphatic hydroxyl groups is 1. The van der Waals surface area contributed by atoms with Gasteiger partial charge < -0.3 is 15.7 Å². The van der Waals surface area contributed by atoms with Crippen LogP contribution in [0.25, 0.3) is 0 Å². The van der Waals surface area contributed by atoms with E-state index in [-0.39, 0.29) is 17.3 Å². The Morgan fingerprint density at radius 3 is 2.61 bits per heavy atom. The first kappa shape index (κ1) is 28.0. The lowest BCUT2D eigenvalue weighted by Crippen LogP contribution is -2.50. The van der Waals surface area contributed by atoms with Crippen molar-refractivity contribution in [2.75, 3.05) is 26.2 Å². The number of hydrogen-bond acceptors (Lipinski definition) is 6. The molecule has 1 spiro atoms. The van der Waals surface area contributed by atoms with Crippen molar-refractivity contribution in [3.05, 3.63) is 65.2 Å². The molecule has 2 heterocycles. The highest BCUT2D eigenvalue weighted by molar-refractivity contribution is 8.00. The number of carbonyl (C=O) groups is 1. The number of piperidine rings is 1. The number of thioether (sulfide) groups is 2. The van der Waals surface area contributed by atoms with Crippen molar-refractivity contribution in [1.82, 2.24) is 15.5 Å². The van der Waals surface area contributed by atoms with Crippen molar-refractivity contribution >= 4 is 29.4 Å². The number of nitrogens with one attached hydrogen (secondary N) is 2. The van der Waals surface area contributed by atoms with Crippen LogP contribution < -0.4 is 10.6 Å². The van der Waals surface area contributed by atoms with Gasteiger partial charge in [-0.1, -0.05) is 62.2 Å². The van der Waals surface area contributed by atoms with Gasteiger partial charge in [0.2, 0.25) is 5.91 Å². The van der Waals surface area contributed by atoms with E-state index in [1.807, 2.05) is 18.2 Å². The maximum Gasteiger partial charge on any atom is 0.235 e. The third kappa shape index (κ3) is 7.16. The Morgan fingerprint density at radius 2 is 1.89 bits per heavy atom. The number of rotatable bonds is 11. The highest BCUT2D eigenvalue weighted by atomic mass is 32.2. The van der Waals surface area contributed by atoms with E-state index in [0.717, 1.165) is 44.5 Å². The predicted octanol–water partition coefficient (Wildman–Crippen LogP) is 5.52. The smallest absolute Gasteiger partial charge is 0.235 e. The van der Waals surface area contributed by atoms with E-state index in [1.54, 1.807) is 11.8 Å². The van der Waals surface area contributed by atoms with Crippen LogP contribution in [-0.4, -0.2) is 58.3 Å². The topological polar surface area (TPSA) is 64.6 Å². The van der Waals surface area contributed by atoms with Crippen molar-refractivity contribution in [2.24, 2.45) is 0 Å². The van der Waals surface area contributed by atoms with E-state index in [9.17, 15) is 9.90 Å². The second kappa shape index (κ2) is 13.2. The van der Waals surface area contributed by atoms with Crippen LogP contribution in [0.15, 0.2) is 53.4 Å². The molecular weight excluding hydrogens is 510 g/mol. The fourth-order valence-corrected chi connectivity index (χ4v) is 8.67. The van der Waals surface area contributed by atoms with Crippen molar-refractivity contribution in [3.63, 3.8) is 0 Å². The molecule has 1 amide bonds. The van der Waals surface area contributed by atoms with E-state index >= 15 is 0 Å². The van der Waals surface area contributed by atoms with Gasteiger partial charge in [-0.2, -0.15) is 0 Å². The highest BCUT2D eigenvalue weighted by Crippen LogP contribution is 2.57. The number of carbonyl (C=O) groups excluding carboxylic acids is 1. The minimum Gasteiger partial charge on any atom is -0.389 e. The zero-order chi connectivity index (χ0) is 26.4. The minimum absolute atomic E-state index is 0.0110. The average molecular weight is 554 g/mol. The zero-order valence-corrected chi connectivity index (χ0v) is 24.3. The van der Waals surface area contributed by atoms with Crippen molar-refractivity contribution in [2.45, 2.75) is 91.2 Å². The van der Waals surface area contributed by atoms with Gasteiger partial charge in [-0.15, -0.1) is 23.5 Å². The monoisotopic (exact) mass is 553 g/mol. The first-order valence-electron chi connectivity index (χ1n) is 14.4. The lowest BCUT2D eigenvalue weighted by atomic mass is 9.77. The molecule has 206 valence electrons. The van der Waals surface area contributed by atoms with Gasteiger partial charge in [-0.05, 0) is 74.4 Å². The molecule has 2 aliphatic heterocycles. The van der Waals surface area contributed by atoms with Crippen LogP contribution in [0, 0.1) is 0 Å². The van der Waals surface area contributed by atoms with Crippen LogP contribution in [0.5, 0.6) is 0 Å². The molecule has 2 aromatic carbocycles. The summed E-state index contributed by atoms with van der Waals surface area (Å²) in [5.41, 5.74) is 3.94. The molecule has 2 fully saturated rings. The lowest BCUT2D eigenvalue weighted by Gasteiger charge is -2.48. The van der Waals surface area contributed by atoms with Crippen LogP contribution in [0.3, 0.4) is 0 Å². The Labute approximate surface area is 236 Å². The van der Waals surface area contributed by atoms with E-state index in [4.69, 9.17) is 0 Å². The normalized spacial score (nSPS) is 22.3. The van der Waals surface area contributed by atoms with Gasteiger partial charge in [0.15, 0.2) is 0 Å². The molecule has 3 aliphatic rings. The molecule has 3 atom stereocenters. The summed E-state index contributed by atoms with van der Waals surface area (Å²) < 4.78 is 0.341. The van der Waals surface area contributed by atoms with Crippen molar-refractivity contribution in [1.29, 1.82) is 0 Å². The van der Waals surface area contributed by atoms with Crippen LogP contribution in [0.1, 0.15) is 74.6 Å². The molecule has 5 rings (SSSR count). The third-order valence-corrected chi connectivity index (χ3v) is 11.2. The second-order valence-corrected chi connectivity index (χ2v) is 13.9. The maximum absolute atomic E-state index is 13.0. The molecule has 1 saturated carbocycles. The summed E-state index contributed by atoms with van der Waals surface area (Å²) in [5.74, 6) is 0.759. The molecule has 1 aliphatic carbocycles. The Kier molecular flexibility index (Phi) is 9.76. The zero-order valence-electron chi connectivity index (χ0n) is 22.7. The van der Waals surface area contributed by atoms with Gasteiger partial charge in [0.25, 0.3) is 0 Å². The molecule has 5 nitrogen and oxygen atoms in total. The SMILES string of the molecule is CCc1ccc2c(c1)[C@H](NC[C@@H](O)[C@@H](NC(=O)CN1CCCCC1)SCc1ccccc1)CC1(CCC1)S2. The fourth-order valence-electron chi connectivity index (χ4n) is 5.90. The summed E-state index contributed by atoms with van der Waals surface area (Å²) in [4.78, 5) is 16.6.